The van der Waals surface area contributed by atoms with Crippen molar-refractivity contribution >= 4 is 0 Å². The average Bonchev–Trinajstić information content (AvgIpc) is 3.33. The summed E-state index contributed by atoms with van der Waals surface area (Å²) < 4.78 is 4.96. The van der Waals surface area contributed by atoms with E-state index in [9.17, 15) is 59.4 Å². The van der Waals surface area contributed by atoms with E-state index in [0.29, 0.717) is 25.9 Å². The molecule has 6 atom stereocenters. The van der Waals surface area contributed by atoms with E-state index in [0.717, 1.165) is 112 Å². The van der Waals surface area contributed by atoms with E-state index in [4.69, 9.17) is 0 Å². The van der Waals surface area contributed by atoms with E-state index in [-0.39, 0.29) is 58.9 Å². The Balaban J connectivity index is 0.000000381. The largest absolute Gasteiger partial charge is 0.391 e. The number of aromatic nitrogens is 6. The molecule has 2 aromatic heterocycles. The summed E-state index contributed by atoms with van der Waals surface area (Å²) in [6.45, 7) is 12.2. The highest BCUT2D eigenvalue weighted by Crippen LogP contribution is 2.03. The first kappa shape index (κ1) is 62.6. The molecule has 26 heteroatoms. The molecule has 0 aromatic carbocycles. The van der Waals surface area contributed by atoms with Crippen molar-refractivity contribution in [3.05, 3.63) is 62.9 Å². The van der Waals surface area contributed by atoms with Gasteiger partial charge in [-0.3, -0.25) is 9.80 Å². The highest BCUT2D eigenvalue weighted by Gasteiger charge is 2.25. The second-order valence-corrected chi connectivity index (χ2v) is 20.0. The summed E-state index contributed by atoms with van der Waals surface area (Å²) in [5, 5.41) is 69.0. The van der Waals surface area contributed by atoms with Crippen molar-refractivity contribution in [3.8, 4) is 0 Å². The Hall–Kier alpha value is -3.74. The van der Waals surface area contributed by atoms with Crippen LogP contribution in [-0.4, -0.2) is 271 Å². The van der Waals surface area contributed by atoms with Crippen molar-refractivity contribution in [2.45, 2.75) is 115 Å². The first-order valence-corrected chi connectivity index (χ1v) is 25.6. The van der Waals surface area contributed by atoms with Gasteiger partial charge in [0, 0.05) is 78.5 Å². The second kappa shape index (κ2) is 31.9. The number of β-amino-alcohol motifs (C(OH)–C–C–N with tert-alkyl or cyclic N) is 2. The third-order valence-corrected chi connectivity index (χ3v) is 12.8. The third-order valence-electron chi connectivity index (χ3n) is 12.8. The smallest absolute Gasteiger partial charge is 0.336 e. The van der Waals surface area contributed by atoms with Gasteiger partial charge in [-0.25, -0.2) is 56.2 Å². The van der Waals surface area contributed by atoms with Gasteiger partial charge in [0.05, 0.1) is 75.9 Å². The number of likely N-dealkylation sites (N-methyl/N-ethyl adjacent to an activating group) is 2. The Bertz CT molecular complexity index is 2250. The maximum Gasteiger partial charge on any atom is 0.336 e. The summed E-state index contributed by atoms with van der Waals surface area (Å²) in [6.07, 6.45) is -3.58. The lowest BCUT2D eigenvalue weighted by atomic mass is 10.2. The highest BCUT2D eigenvalue weighted by molar-refractivity contribution is 4.86. The summed E-state index contributed by atoms with van der Waals surface area (Å²) in [6, 6.07) is 0. The molecule has 0 amide bonds. The van der Waals surface area contributed by atoms with Gasteiger partial charge in [0.25, 0.3) is 0 Å². The fourth-order valence-corrected chi connectivity index (χ4v) is 8.48. The Morgan fingerprint density at radius 3 is 1.24 bits per heavy atom. The van der Waals surface area contributed by atoms with Crippen LogP contribution < -0.4 is 44.8 Å². The van der Waals surface area contributed by atoms with Crippen molar-refractivity contribution in [2.75, 3.05) is 147 Å². The Labute approximate surface area is 422 Å². The minimum absolute atomic E-state index is 0.163. The minimum atomic E-state index is -1.05. The molecule has 2 aromatic rings. The zero-order chi connectivity index (χ0) is 53.7. The quantitative estimate of drug-likeness (QED) is 0.0338. The van der Waals surface area contributed by atoms with Gasteiger partial charge in [0.1, 0.15) is 0 Å². The number of nitrogens with zero attached hydrogens (tertiary/aromatic N) is 12. The number of aliphatic hydroxyl groups is 6. The molecule has 4 heterocycles. The van der Waals surface area contributed by atoms with Gasteiger partial charge in [-0.2, -0.15) is 0 Å². The topological polar surface area (TPSA) is 297 Å². The molecule has 72 heavy (non-hydrogen) atoms. The maximum atomic E-state index is 13.2. The van der Waals surface area contributed by atoms with E-state index in [1.807, 2.05) is 57.0 Å². The third kappa shape index (κ3) is 20.9. The van der Waals surface area contributed by atoms with E-state index < -0.39 is 70.8 Å². The van der Waals surface area contributed by atoms with Crippen LogP contribution in [-0.2, 0) is 39.3 Å². The van der Waals surface area contributed by atoms with Gasteiger partial charge < -0.3 is 60.9 Å². The van der Waals surface area contributed by atoms with Gasteiger partial charge >= 0.3 is 34.1 Å². The molecule has 0 aliphatic carbocycles. The molecule has 0 bridgehead atoms. The first-order chi connectivity index (χ1) is 34.1. The van der Waals surface area contributed by atoms with Crippen LogP contribution >= 0.6 is 0 Å². The minimum Gasteiger partial charge on any atom is -0.391 e. The monoisotopic (exact) mass is 1030 g/mol. The Morgan fingerprint density at radius 1 is 0.472 bits per heavy atom. The van der Waals surface area contributed by atoms with Crippen LogP contribution in [0.15, 0.2) is 28.8 Å². The molecule has 0 spiro atoms. The average molecular weight is 1030 g/mol. The summed E-state index contributed by atoms with van der Waals surface area (Å²) >= 11 is 0. The van der Waals surface area contributed by atoms with Gasteiger partial charge in [-0.05, 0) is 94.1 Å². The van der Waals surface area contributed by atoms with Crippen LogP contribution in [0.5, 0.6) is 0 Å². The molecule has 2 saturated heterocycles. The zero-order valence-electron chi connectivity index (χ0n) is 44.3. The molecule has 2 fully saturated rings. The van der Waals surface area contributed by atoms with Crippen LogP contribution in [0.3, 0.4) is 0 Å². The van der Waals surface area contributed by atoms with Crippen molar-refractivity contribution in [3.63, 3.8) is 0 Å². The lowest BCUT2D eigenvalue weighted by Gasteiger charge is -2.33. The summed E-state index contributed by atoms with van der Waals surface area (Å²) in [7, 11) is 11.8. The maximum absolute atomic E-state index is 13.2. The number of hydrogen-bond donors (Lipinski definition) is 8. The molecule has 4 rings (SSSR count). The van der Waals surface area contributed by atoms with Crippen LogP contribution in [0.1, 0.15) is 39.5 Å². The standard InChI is InChI=1S/C24H49N7O6.C22H41N7O6/c1-7-19(32)16-29-22(35)30(17-20(33)14-25-10-8-11-26(2)3)24(37)31(23(29)36)18-21(34)15-28(6)13-9-12-27(4)5;1-3-17(30)14-27-20(33)28(15-18(31)12-25-6-4-23-5-7-25)22(35)29(21(27)34)16-19(32)13-26-10-8-24(2)9-11-26/h19-21,25,32-34H,7-18H2,1-6H3;17-19,23,30-32H,3-16H2,1-2H3. The van der Waals surface area contributed by atoms with Gasteiger partial charge in [-0.1, -0.05) is 13.8 Å². The van der Waals surface area contributed by atoms with Crippen molar-refractivity contribution < 1.29 is 30.6 Å². The molecular weight excluding hydrogens is 941 g/mol. The van der Waals surface area contributed by atoms with E-state index >= 15 is 0 Å². The Kier molecular flexibility index (Phi) is 27.7. The van der Waals surface area contributed by atoms with Crippen molar-refractivity contribution in [2.24, 2.45) is 0 Å². The zero-order valence-corrected chi connectivity index (χ0v) is 44.3. The lowest BCUT2D eigenvalue weighted by molar-refractivity contribution is 0.0666. The fraction of sp³-hybridized carbons (Fsp3) is 0.870. The van der Waals surface area contributed by atoms with Gasteiger partial charge in [-0.15, -0.1) is 0 Å². The highest BCUT2D eigenvalue weighted by atomic mass is 16.3. The molecular formula is C46H90N14O12. The first-order valence-electron chi connectivity index (χ1n) is 25.6. The lowest BCUT2D eigenvalue weighted by Crippen LogP contribution is -2.58. The predicted octanol–water partition coefficient (Wildman–Crippen LogP) is -7.09. The van der Waals surface area contributed by atoms with Crippen molar-refractivity contribution in [1.29, 1.82) is 0 Å². The van der Waals surface area contributed by atoms with Crippen molar-refractivity contribution in [1.82, 2.24) is 67.4 Å². The van der Waals surface area contributed by atoms with E-state index in [2.05, 4.69) is 25.3 Å². The number of hydrogen-bond acceptors (Lipinski definition) is 20. The van der Waals surface area contributed by atoms with Gasteiger partial charge in [0.15, 0.2) is 0 Å². The number of piperazine rings is 2. The fourth-order valence-electron chi connectivity index (χ4n) is 8.48. The molecule has 0 radical (unpaired) electrons. The number of aliphatic hydroxyl groups excluding tert-OH is 6. The van der Waals surface area contributed by atoms with Crippen LogP contribution in [0, 0.1) is 0 Å². The van der Waals surface area contributed by atoms with E-state index in [1.165, 1.54) is 0 Å². The normalized spacial score (nSPS) is 17.8. The molecule has 0 saturated carbocycles. The number of rotatable bonds is 30. The summed E-state index contributed by atoms with van der Waals surface area (Å²) in [4.78, 5) is 90.9. The number of nitrogens with one attached hydrogen (secondary N) is 2. The van der Waals surface area contributed by atoms with E-state index in [1.54, 1.807) is 13.8 Å². The molecule has 6 unspecified atom stereocenters. The van der Waals surface area contributed by atoms with Crippen LogP contribution in [0.4, 0.5) is 0 Å². The Morgan fingerprint density at radius 2 is 0.833 bits per heavy atom. The van der Waals surface area contributed by atoms with Gasteiger partial charge in [0.2, 0.25) is 0 Å². The molecule has 2 aliphatic heterocycles. The predicted molar refractivity (Wildman–Crippen MR) is 275 cm³/mol. The van der Waals surface area contributed by atoms with Crippen LogP contribution in [0.2, 0.25) is 0 Å². The molecule has 416 valence electrons. The molecule has 8 N–H and O–H groups in total. The summed E-state index contributed by atoms with van der Waals surface area (Å²) in [5.74, 6) is 0. The molecule has 2 aliphatic rings. The molecule has 26 nitrogen and oxygen atoms in total. The van der Waals surface area contributed by atoms with Crippen LogP contribution in [0.25, 0.3) is 0 Å². The SMILES string of the molecule is CCC(O)Cn1c(=O)n(CC(O)CN2CCNCC2)c(=O)n(CC(O)CN2CCN(C)CC2)c1=O.CCC(O)Cn1c(=O)n(CC(O)CNCCCN(C)C)c(=O)n(CC(O)CN(C)CCCN(C)C)c1=O. The second-order valence-electron chi connectivity index (χ2n) is 20.0. The summed E-state index contributed by atoms with van der Waals surface area (Å²) in [5.41, 5.74) is -5.25.